The lowest BCUT2D eigenvalue weighted by Crippen LogP contribution is -2.14. The molecule has 0 unspecified atom stereocenters. The van der Waals surface area contributed by atoms with Gasteiger partial charge in [-0.15, -0.1) is 0 Å². The molecule has 0 saturated carbocycles. The second-order valence-electron chi connectivity index (χ2n) is 4.91. The molecular weight excluding hydrogens is 276 g/mol. The first kappa shape index (κ1) is 13.0. The van der Waals surface area contributed by atoms with Gasteiger partial charge in [0.1, 0.15) is 0 Å². The molecule has 0 radical (unpaired) electrons. The van der Waals surface area contributed by atoms with Crippen LogP contribution in [-0.2, 0) is 16.4 Å². The summed E-state index contributed by atoms with van der Waals surface area (Å²) in [6, 6.07) is 5.17. The van der Waals surface area contributed by atoms with Crippen LogP contribution in [0.1, 0.15) is 17.0 Å². The van der Waals surface area contributed by atoms with Gasteiger partial charge in [-0.1, -0.05) is 6.07 Å². The van der Waals surface area contributed by atoms with Crippen LogP contribution in [0.5, 0.6) is 0 Å². The van der Waals surface area contributed by atoms with E-state index < -0.39 is 10.0 Å². The molecular formula is C13H16N4O2S. The Morgan fingerprint density at radius 2 is 2.10 bits per heavy atom. The topological polar surface area (TPSA) is 86.9 Å². The number of fused-ring (bicyclic) bond motifs is 1. The summed E-state index contributed by atoms with van der Waals surface area (Å²) >= 11 is 0. The lowest BCUT2D eigenvalue weighted by atomic mass is 10.2. The highest BCUT2D eigenvalue weighted by Crippen LogP contribution is 2.27. The summed E-state index contributed by atoms with van der Waals surface area (Å²) in [5.41, 5.74) is 3.89. The molecule has 2 heterocycles. The number of aryl methyl sites for hydroxylation is 2. The van der Waals surface area contributed by atoms with Crippen molar-refractivity contribution >= 4 is 21.4 Å². The van der Waals surface area contributed by atoms with Gasteiger partial charge in [-0.05, 0) is 38.0 Å². The first-order chi connectivity index (χ1) is 9.47. The Hall–Kier alpha value is -2.02. The monoisotopic (exact) mass is 292 g/mol. The molecule has 7 heteroatoms. The quantitative estimate of drug-likeness (QED) is 0.805. The Kier molecular flexibility index (Phi) is 2.93. The van der Waals surface area contributed by atoms with E-state index in [4.69, 9.17) is 0 Å². The average molecular weight is 292 g/mol. The van der Waals surface area contributed by atoms with Gasteiger partial charge in [0.15, 0.2) is 0 Å². The predicted octanol–water partition coefficient (Wildman–Crippen LogP) is 1.80. The van der Waals surface area contributed by atoms with E-state index in [9.17, 15) is 8.42 Å². The first-order valence-corrected chi connectivity index (χ1v) is 7.87. The van der Waals surface area contributed by atoms with E-state index in [0.29, 0.717) is 17.1 Å². The molecule has 3 rings (SSSR count). The first-order valence-electron chi connectivity index (χ1n) is 6.38. The minimum absolute atomic E-state index is 0.255. The zero-order chi connectivity index (χ0) is 14.3. The fraction of sp³-hybridized carbons (Fsp3) is 0.308. The second-order valence-corrected chi connectivity index (χ2v) is 6.59. The molecule has 1 aromatic heterocycles. The van der Waals surface area contributed by atoms with Crippen molar-refractivity contribution < 1.29 is 8.42 Å². The van der Waals surface area contributed by atoms with E-state index in [1.807, 2.05) is 6.07 Å². The summed E-state index contributed by atoms with van der Waals surface area (Å²) in [5.74, 6) is 0. The van der Waals surface area contributed by atoms with Crippen LogP contribution in [0.3, 0.4) is 0 Å². The number of H-pyrrole nitrogens is 1. The van der Waals surface area contributed by atoms with Gasteiger partial charge in [0, 0.05) is 12.2 Å². The van der Waals surface area contributed by atoms with Crippen LogP contribution in [0.15, 0.2) is 23.1 Å². The van der Waals surface area contributed by atoms with Crippen molar-refractivity contribution in [3.05, 3.63) is 35.2 Å². The van der Waals surface area contributed by atoms with E-state index in [-0.39, 0.29) is 4.90 Å². The van der Waals surface area contributed by atoms with Gasteiger partial charge >= 0.3 is 0 Å². The lowest BCUT2D eigenvalue weighted by Gasteiger charge is -2.09. The van der Waals surface area contributed by atoms with Gasteiger partial charge in [-0.2, -0.15) is 5.10 Å². The van der Waals surface area contributed by atoms with Crippen molar-refractivity contribution in [2.75, 3.05) is 16.6 Å². The molecule has 0 saturated heterocycles. The van der Waals surface area contributed by atoms with Crippen LogP contribution in [0.4, 0.5) is 11.4 Å². The van der Waals surface area contributed by atoms with E-state index in [1.54, 1.807) is 26.0 Å². The Morgan fingerprint density at radius 3 is 2.80 bits per heavy atom. The summed E-state index contributed by atoms with van der Waals surface area (Å²) in [4.78, 5) is 0.255. The van der Waals surface area contributed by atoms with Crippen molar-refractivity contribution in [1.82, 2.24) is 10.2 Å². The molecule has 0 fully saturated rings. The van der Waals surface area contributed by atoms with Gasteiger partial charge in [-0.3, -0.25) is 9.82 Å². The Morgan fingerprint density at radius 1 is 1.30 bits per heavy atom. The van der Waals surface area contributed by atoms with Crippen LogP contribution in [0.2, 0.25) is 0 Å². The Balaban J connectivity index is 1.96. The second kappa shape index (κ2) is 4.52. The van der Waals surface area contributed by atoms with Gasteiger partial charge < -0.3 is 5.32 Å². The van der Waals surface area contributed by atoms with Crippen LogP contribution >= 0.6 is 0 Å². The maximum Gasteiger partial charge on any atom is 0.262 e. The van der Waals surface area contributed by atoms with Gasteiger partial charge in [0.2, 0.25) is 0 Å². The van der Waals surface area contributed by atoms with E-state index in [1.165, 1.54) is 0 Å². The normalized spacial score (nSPS) is 13.9. The number of nitrogens with one attached hydrogen (secondary N) is 3. The number of nitrogens with zero attached hydrogens (tertiary/aromatic N) is 1. The van der Waals surface area contributed by atoms with Crippen LogP contribution in [0, 0.1) is 13.8 Å². The number of aromatic nitrogens is 2. The number of aromatic amines is 1. The lowest BCUT2D eigenvalue weighted by molar-refractivity contribution is 0.601. The molecule has 3 N–H and O–H groups in total. The highest BCUT2D eigenvalue weighted by molar-refractivity contribution is 7.92. The van der Waals surface area contributed by atoms with Crippen LogP contribution in [0.25, 0.3) is 0 Å². The molecule has 1 aromatic carbocycles. The standard InChI is InChI=1S/C13H16N4O2S/c1-8-13(9(2)16-15-8)17-20(18,19)11-4-3-10-5-6-14-12(10)7-11/h3-4,7,14,17H,5-6H2,1-2H3,(H,15,16). The third kappa shape index (κ3) is 2.14. The number of sulfonamides is 1. The number of anilines is 2. The molecule has 20 heavy (non-hydrogen) atoms. The van der Waals surface area contributed by atoms with Crippen molar-refractivity contribution in [3.8, 4) is 0 Å². The van der Waals surface area contributed by atoms with E-state index in [2.05, 4.69) is 20.2 Å². The minimum atomic E-state index is -3.60. The van der Waals surface area contributed by atoms with Gasteiger partial charge in [-0.25, -0.2) is 8.42 Å². The Labute approximate surface area is 117 Å². The van der Waals surface area contributed by atoms with E-state index in [0.717, 1.165) is 24.2 Å². The zero-order valence-electron chi connectivity index (χ0n) is 11.3. The van der Waals surface area contributed by atoms with Crippen LogP contribution in [-0.4, -0.2) is 25.2 Å². The predicted molar refractivity (Wildman–Crippen MR) is 77.5 cm³/mol. The molecule has 106 valence electrons. The molecule has 2 aromatic rings. The third-order valence-corrected chi connectivity index (χ3v) is 4.81. The number of rotatable bonds is 3. The van der Waals surface area contributed by atoms with Crippen molar-refractivity contribution in [2.45, 2.75) is 25.2 Å². The van der Waals surface area contributed by atoms with Crippen molar-refractivity contribution in [1.29, 1.82) is 0 Å². The zero-order valence-corrected chi connectivity index (χ0v) is 12.1. The molecule has 1 aliphatic heterocycles. The fourth-order valence-corrected chi connectivity index (χ4v) is 3.54. The molecule has 0 amide bonds. The highest BCUT2D eigenvalue weighted by atomic mass is 32.2. The fourth-order valence-electron chi connectivity index (χ4n) is 2.33. The Bertz CT molecular complexity index is 745. The number of hydrogen-bond donors (Lipinski definition) is 3. The number of benzene rings is 1. The number of hydrogen-bond acceptors (Lipinski definition) is 4. The molecule has 0 atom stereocenters. The maximum atomic E-state index is 12.4. The summed E-state index contributed by atoms with van der Waals surface area (Å²) in [7, 11) is -3.60. The summed E-state index contributed by atoms with van der Waals surface area (Å²) in [5, 5.41) is 9.93. The molecule has 6 nitrogen and oxygen atoms in total. The third-order valence-electron chi connectivity index (χ3n) is 3.47. The van der Waals surface area contributed by atoms with E-state index >= 15 is 0 Å². The molecule has 0 aliphatic carbocycles. The van der Waals surface area contributed by atoms with Crippen molar-refractivity contribution in [2.24, 2.45) is 0 Å². The molecule has 0 spiro atoms. The largest absolute Gasteiger partial charge is 0.384 e. The average Bonchev–Trinajstić information content (AvgIpc) is 2.99. The van der Waals surface area contributed by atoms with Crippen LogP contribution < -0.4 is 10.0 Å². The van der Waals surface area contributed by atoms with Gasteiger partial charge in [0.25, 0.3) is 10.0 Å². The maximum absolute atomic E-state index is 12.4. The van der Waals surface area contributed by atoms with Crippen molar-refractivity contribution in [3.63, 3.8) is 0 Å². The summed E-state index contributed by atoms with van der Waals surface area (Å²) in [6.07, 6.45) is 0.934. The highest BCUT2D eigenvalue weighted by Gasteiger charge is 2.20. The minimum Gasteiger partial charge on any atom is -0.384 e. The molecule has 1 aliphatic rings. The summed E-state index contributed by atoms with van der Waals surface area (Å²) in [6.45, 7) is 4.39. The molecule has 0 bridgehead atoms. The smallest absolute Gasteiger partial charge is 0.262 e. The SMILES string of the molecule is Cc1n[nH]c(C)c1NS(=O)(=O)c1ccc2c(c1)NCC2. The summed E-state index contributed by atoms with van der Waals surface area (Å²) < 4.78 is 27.4. The van der Waals surface area contributed by atoms with Gasteiger partial charge in [0.05, 0.1) is 22.0 Å².